The molecule has 1 atom stereocenters. The van der Waals surface area contributed by atoms with E-state index in [0.717, 1.165) is 32.1 Å². The van der Waals surface area contributed by atoms with Crippen LogP contribution in [0, 0.1) is 5.92 Å². The fraction of sp³-hybridized carbons (Fsp3) is 0.938. The van der Waals surface area contributed by atoms with Crippen LogP contribution in [-0.4, -0.2) is 12.5 Å². The fourth-order valence-electron chi connectivity index (χ4n) is 2.49. The zero-order chi connectivity index (χ0) is 14.3. The first-order chi connectivity index (χ1) is 9.22. The van der Waals surface area contributed by atoms with Crippen molar-refractivity contribution < 1.29 is 4.79 Å². The second kappa shape index (κ2) is 13.9. The number of unbranched alkanes of at least 4 members (excludes halogenated alkanes) is 8. The second-order valence-electron chi connectivity index (χ2n) is 5.65. The van der Waals surface area contributed by atoms with E-state index in [1.54, 1.807) is 0 Å². The molecule has 0 aliphatic carbocycles. The Morgan fingerprint density at radius 1 is 0.842 bits per heavy atom. The van der Waals surface area contributed by atoms with Crippen molar-refractivity contribution in [2.24, 2.45) is 17.4 Å². The van der Waals surface area contributed by atoms with Crippen molar-refractivity contribution in [1.82, 2.24) is 0 Å². The van der Waals surface area contributed by atoms with Gasteiger partial charge in [-0.15, -0.1) is 0 Å². The van der Waals surface area contributed by atoms with Crippen molar-refractivity contribution in [3.05, 3.63) is 0 Å². The number of nitrogens with two attached hydrogens (primary N) is 2. The Labute approximate surface area is 119 Å². The van der Waals surface area contributed by atoms with Gasteiger partial charge in [0.05, 0.1) is 0 Å². The summed E-state index contributed by atoms with van der Waals surface area (Å²) in [5.41, 5.74) is 10.9. The molecule has 3 nitrogen and oxygen atoms in total. The van der Waals surface area contributed by atoms with Gasteiger partial charge >= 0.3 is 0 Å². The summed E-state index contributed by atoms with van der Waals surface area (Å²) < 4.78 is 0. The lowest BCUT2D eigenvalue weighted by molar-refractivity contribution is -0.122. The van der Waals surface area contributed by atoms with Crippen LogP contribution in [0.4, 0.5) is 0 Å². The summed E-state index contributed by atoms with van der Waals surface area (Å²) in [6.07, 6.45) is 14.4. The third kappa shape index (κ3) is 12.2. The van der Waals surface area contributed by atoms with E-state index in [0.29, 0.717) is 6.54 Å². The maximum Gasteiger partial charge on any atom is 0.220 e. The van der Waals surface area contributed by atoms with Crippen LogP contribution in [-0.2, 0) is 4.79 Å². The van der Waals surface area contributed by atoms with Crippen LogP contribution in [0.2, 0.25) is 0 Å². The predicted octanol–water partition coefficient (Wildman–Crippen LogP) is 3.75. The first-order valence-corrected chi connectivity index (χ1v) is 8.21. The zero-order valence-corrected chi connectivity index (χ0v) is 12.8. The topological polar surface area (TPSA) is 69.1 Å². The van der Waals surface area contributed by atoms with E-state index in [1.807, 2.05) is 0 Å². The Balaban J connectivity index is 3.45. The zero-order valence-electron chi connectivity index (χ0n) is 12.8. The van der Waals surface area contributed by atoms with Gasteiger partial charge in [-0.05, 0) is 25.8 Å². The lowest BCUT2D eigenvalue weighted by Gasteiger charge is -2.12. The van der Waals surface area contributed by atoms with Gasteiger partial charge in [-0.3, -0.25) is 4.79 Å². The van der Waals surface area contributed by atoms with E-state index in [2.05, 4.69) is 6.92 Å². The van der Waals surface area contributed by atoms with Crippen LogP contribution >= 0.6 is 0 Å². The molecule has 19 heavy (non-hydrogen) atoms. The monoisotopic (exact) mass is 270 g/mol. The summed E-state index contributed by atoms with van der Waals surface area (Å²) in [6.45, 7) is 2.96. The van der Waals surface area contributed by atoms with Gasteiger partial charge in [0, 0.05) is 5.92 Å². The SMILES string of the molecule is CCCCCCCCCCC(CCCCN)C(N)=O. The largest absolute Gasteiger partial charge is 0.369 e. The molecule has 0 saturated heterocycles. The molecule has 114 valence electrons. The number of hydrogen-bond acceptors (Lipinski definition) is 2. The van der Waals surface area contributed by atoms with Crippen molar-refractivity contribution in [3.63, 3.8) is 0 Å². The Bertz CT molecular complexity index is 207. The molecule has 4 N–H and O–H groups in total. The molecule has 0 aromatic carbocycles. The van der Waals surface area contributed by atoms with Gasteiger partial charge in [-0.1, -0.05) is 64.7 Å². The molecule has 0 fully saturated rings. The average Bonchev–Trinajstić information content (AvgIpc) is 2.39. The average molecular weight is 270 g/mol. The van der Waals surface area contributed by atoms with Gasteiger partial charge < -0.3 is 11.5 Å². The molecule has 1 unspecified atom stereocenters. The molecule has 0 aromatic heterocycles. The smallest absolute Gasteiger partial charge is 0.220 e. The van der Waals surface area contributed by atoms with Crippen molar-refractivity contribution in [3.8, 4) is 0 Å². The Morgan fingerprint density at radius 2 is 1.32 bits per heavy atom. The molecular weight excluding hydrogens is 236 g/mol. The first kappa shape index (κ1) is 18.4. The van der Waals surface area contributed by atoms with E-state index in [9.17, 15) is 4.79 Å². The molecule has 0 bridgehead atoms. The third-order valence-electron chi connectivity index (χ3n) is 3.82. The van der Waals surface area contributed by atoms with E-state index < -0.39 is 0 Å². The molecule has 3 heteroatoms. The van der Waals surface area contributed by atoms with Gasteiger partial charge in [0.1, 0.15) is 0 Å². The van der Waals surface area contributed by atoms with Crippen LogP contribution in [0.25, 0.3) is 0 Å². The minimum Gasteiger partial charge on any atom is -0.369 e. The van der Waals surface area contributed by atoms with E-state index in [1.165, 1.54) is 44.9 Å². The standard InChI is InChI=1S/C16H34N2O/c1-2-3-4-5-6-7-8-9-12-15(16(18)19)13-10-11-14-17/h15H,2-14,17H2,1H3,(H2,18,19). The summed E-state index contributed by atoms with van der Waals surface area (Å²) in [4.78, 5) is 11.3. The van der Waals surface area contributed by atoms with Crippen LogP contribution in [0.1, 0.15) is 84.0 Å². The molecule has 0 aromatic rings. The number of amides is 1. The number of hydrogen-bond donors (Lipinski definition) is 2. The predicted molar refractivity (Wildman–Crippen MR) is 82.8 cm³/mol. The van der Waals surface area contributed by atoms with E-state index in [4.69, 9.17) is 11.5 Å². The summed E-state index contributed by atoms with van der Waals surface area (Å²) in [5, 5.41) is 0. The molecule has 0 spiro atoms. The molecule has 0 saturated carbocycles. The van der Waals surface area contributed by atoms with Crippen LogP contribution in [0.5, 0.6) is 0 Å². The second-order valence-corrected chi connectivity index (χ2v) is 5.65. The minimum atomic E-state index is -0.125. The van der Waals surface area contributed by atoms with Gasteiger partial charge in [0.15, 0.2) is 0 Å². The van der Waals surface area contributed by atoms with Crippen molar-refractivity contribution >= 4 is 5.91 Å². The Kier molecular flexibility index (Phi) is 13.4. The minimum absolute atomic E-state index is 0.0756. The summed E-state index contributed by atoms with van der Waals surface area (Å²) in [5.74, 6) is -0.0494. The third-order valence-corrected chi connectivity index (χ3v) is 3.82. The van der Waals surface area contributed by atoms with Crippen molar-refractivity contribution in [2.75, 3.05) is 6.54 Å². The normalized spacial score (nSPS) is 12.5. The van der Waals surface area contributed by atoms with Gasteiger partial charge in [0.2, 0.25) is 5.91 Å². The number of rotatable bonds is 14. The van der Waals surface area contributed by atoms with E-state index in [-0.39, 0.29) is 11.8 Å². The molecule has 0 aliphatic heterocycles. The molecule has 0 aliphatic rings. The maximum atomic E-state index is 11.3. The Morgan fingerprint density at radius 3 is 1.79 bits per heavy atom. The summed E-state index contributed by atoms with van der Waals surface area (Å²) >= 11 is 0. The molecule has 1 amide bonds. The maximum absolute atomic E-state index is 11.3. The molecular formula is C16H34N2O. The number of carbonyl (C=O) groups is 1. The fourth-order valence-corrected chi connectivity index (χ4v) is 2.49. The molecule has 0 radical (unpaired) electrons. The highest BCUT2D eigenvalue weighted by atomic mass is 16.1. The van der Waals surface area contributed by atoms with Crippen LogP contribution < -0.4 is 11.5 Å². The van der Waals surface area contributed by atoms with Crippen molar-refractivity contribution in [2.45, 2.75) is 84.0 Å². The van der Waals surface area contributed by atoms with E-state index >= 15 is 0 Å². The van der Waals surface area contributed by atoms with Gasteiger partial charge in [-0.25, -0.2) is 0 Å². The summed E-state index contributed by atoms with van der Waals surface area (Å²) in [7, 11) is 0. The highest BCUT2D eigenvalue weighted by Crippen LogP contribution is 2.17. The lowest BCUT2D eigenvalue weighted by atomic mass is 9.94. The number of primary amides is 1. The van der Waals surface area contributed by atoms with Crippen LogP contribution in [0.3, 0.4) is 0 Å². The quantitative estimate of drug-likeness (QED) is 0.472. The first-order valence-electron chi connectivity index (χ1n) is 8.21. The van der Waals surface area contributed by atoms with Gasteiger partial charge in [-0.2, -0.15) is 0 Å². The Hall–Kier alpha value is -0.570. The highest BCUT2D eigenvalue weighted by Gasteiger charge is 2.13. The van der Waals surface area contributed by atoms with Gasteiger partial charge in [0.25, 0.3) is 0 Å². The lowest BCUT2D eigenvalue weighted by Crippen LogP contribution is -2.23. The van der Waals surface area contributed by atoms with Crippen LogP contribution in [0.15, 0.2) is 0 Å². The summed E-state index contributed by atoms with van der Waals surface area (Å²) in [6, 6.07) is 0. The molecule has 0 heterocycles. The van der Waals surface area contributed by atoms with Crippen molar-refractivity contribution in [1.29, 1.82) is 0 Å². The highest BCUT2D eigenvalue weighted by molar-refractivity contribution is 5.76. The number of carbonyl (C=O) groups excluding carboxylic acids is 1. The molecule has 0 rings (SSSR count).